The molecule has 2 heterocycles. The van der Waals surface area contributed by atoms with Crippen LogP contribution in [0.2, 0.25) is 0 Å². The number of rotatable bonds is 3. The van der Waals surface area contributed by atoms with Crippen LogP contribution >= 0.6 is 0 Å². The normalized spacial score (nSPS) is 19.1. The van der Waals surface area contributed by atoms with Crippen molar-refractivity contribution in [3.8, 4) is 0 Å². The lowest BCUT2D eigenvalue weighted by molar-refractivity contribution is 0.0960. The number of carbonyl (C=O) groups is 2. The molecule has 0 radical (unpaired) electrons. The quantitative estimate of drug-likeness (QED) is 0.791. The smallest absolute Gasteiger partial charge is 0.409 e. The molecule has 1 amide bonds. The number of carbonyl (C=O) groups excluding carboxylic acids is 2. The number of hydrogen-bond donors (Lipinski definition) is 0. The Bertz CT molecular complexity index is 928. The van der Waals surface area contributed by atoms with Gasteiger partial charge in [0.15, 0.2) is 5.78 Å². The Balaban J connectivity index is 1.50. The summed E-state index contributed by atoms with van der Waals surface area (Å²) < 4.78 is 19.3. The zero-order chi connectivity index (χ0) is 20.4. The van der Waals surface area contributed by atoms with E-state index < -0.39 is 0 Å². The Morgan fingerprint density at radius 2 is 1.97 bits per heavy atom. The highest BCUT2D eigenvalue weighted by Gasteiger charge is 2.30. The number of ether oxygens (including phenoxy) is 1. The minimum atomic E-state index is -0.308. The summed E-state index contributed by atoms with van der Waals surface area (Å²) in [6, 6.07) is 6.58. The molecular weight excluding hydrogens is 375 g/mol. The second-order valence-electron chi connectivity index (χ2n) is 7.25. The van der Waals surface area contributed by atoms with Crippen molar-refractivity contribution in [1.82, 2.24) is 14.9 Å². The van der Waals surface area contributed by atoms with Gasteiger partial charge in [-0.15, -0.1) is 0 Å². The third kappa shape index (κ3) is 3.92. The van der Waals surface area contributed by atoms with E-state index >= 15 is 0 Å². The van der Waals surface area contributed by atoms with Crippen molar-refractivity contribution in [2.75, 3.05) is 37.7 Å². The highest BCUT2D eigenvalue weighted by atomic mass is 19.1. The summed E-state index contributed by atoms with van der Waals surface area (Å²) in [5.41, 5.74) is 1.73. The predicted molar refractivity (Wildman–Crippen MR) is 105 cm³/mol. The van der Waals surface area contributed by atoms with Crippen LogP contribution in [0.5, 0.6) is 0 Å². The maximum Gasteiger partial charge on any atom is 0.409 e. The topological polar surface area (TPSA) is 75.6 Å². The second-order valence-corrected chi connectivity index (χ2v) is 7.25. The van der Waals surface area contributed by atoms with E-state index in [1.807, 2.05) is 4.90 Å². The molecule has 0 N–H and O–H groups in total. The van der Waals surface area contributed by atoms with Crippen LogP contribution in [0, 0.1) is 5.82 Å². The molecule has 1 aromatic heterocycles. The highest BCUT2D eigenvalue weighted by molar-refractivity contribution is 5.98. The number of anilines is 1. The number of piperazine rings is 1. The van der Waals surface area contributed by atoms with Gasteiger partial charge in [0.05, 0.1) is 17.9 Å². The molecule has 1 unspecified atom stereocenters. The molecule has 2 aromatic rings. The second kappa shape index (κ2) is 8.14. The number of hydrogen-bond acceptors (Lipinski definition) is 6. The third-order valence-corrected chi connectivity index (χ3v) is 5.46. The molecule has 1 atom stereocenters. The summed E-state index contributed by atoms with van der Waals surface area (Å²) in [4.78, 5) is 37.1. The number of aromatic nitrogens is 2. The van der Waals surface area contributed by atoms with Gasteiger partial charge in [0.1, 0.15) is 5.82 Å². The lowest BCUT2D eigenvalue weighted by atomic mass is 9.82. The summed E-state index contributed by atoms with van der Waals surface area (Å²) in [5.74, 6) is -0.0369. The van der Waals surface area contributed by atoms with E-state index in [2.05, 4.69) is 9.97 Å². The monoisotopic (exact) mass is 398 g/mol. The van der Waals surface area contributed by atoms with Gasteiger partial charge < -0.3 is 14.5 Å². The van der Waals surface area contributed by atoms with Crippen LogP contribution in [0.1, 0.15) is 40.9 Å². The minimum Gasteiger partial charge on any atom is -0.450 e. The number of amides is 1. The number of fused-ring (bicyclic) bond motifs is 1. The van der Waals surface area contributed by atoms with Crippen LogP contribution in [-0.4, -0.2) is 59.5 Å². The van der Waals surface area contributed by atoms with Crippen molar-refractivity contribution in [3.05, 3.63) is 53.1 Å². The fourth-order valence-electron chi connectivity index (χ4n) is 3.92. The van der Waals surface area contributed by atoms with E-state index in [0.717, 1.165) is 0 Å². The van der Waals surface area contributed by atoms with Crippen molar-refractivity contribution in [2.24, 2.45) is 0 Å². The zero-order valence-electron chi connectivity index (χ0n) is 16.3. The van der Waals surface area contributed by atoms with Gasteiger partial charge >= 0.3 is 6.09 Å². The van der Waals surface area contributed by atoms with E-state index in [0.29, 0.717) is 62.0 Å². The molecular formula is C21H23FN4O3. The predicted octanol–water partition coefficient (Wildman–Crippen LogP) is 2.81. The van der Waals surface area contributed by atoms with Crippen molar-refractivity contribution in [2.45, 2.75) is 25.7 Å². The Kier molecular flexibility index (Phi) is 5.42. The van der Waals surface area contributed by atoms with Crippen LogP contribution in [0.4, 0.5) is 15.1 Å². The molecule has 29 heavy (non-hydrogen) atoms. The SMILES string of the molecule is CCOC(=O)N1CCN(c2ncc3c(n2)CC(c2ccccc2F)CC3=O)CC1. The summed E-state index contributed by atoms with van der Waals surface area (Å²) in [7, 11) is 0. The molecule has 1 fully saturated rings. The Hall–Kier alpha value is -3.03. The van der Waals surface area contributed by atoms with E-state index in [9.17, 15) is 14.0 Å². The summed E-state index contributed by atoms with van der Waals surface area (Å²) in [6.07, 6.45) is 2.03. The molecule has 4 rings (SSSR count). The van der Waals surface area contributed by atoms with Gasteiger partial charge in [-0.3, -0.25) is 4.79 Å². The van der Waals surface area contributed by atoms with E-state index in [1.54, 1.807) is 36.2 Å². The molecule has 7 nitrogen and oxygen atoms in total. The summed E-state index contributed by atoms with van der Waals surface area (Å²) >= 11 is 0. The van der Waals surface area contributed by atoms with Gasteiger partial charge in [-0.1, -0.05) is 18.2 Å². The van der Waals surface area contributed by atoms with Gasteiger partial charge in [-0.05, 0) is 30.9 Å². The van der Waals surface area contributed by atoms with Gasteiger partial charge in [0.2, 0.25) is 5.95 Å². The molecule has 1 saturated heterocycles. The van der Waals surface area contributed by atoms with Gasteiger partial charge in [0.25, 0.3) is 0 Å². The molecule has 0 spiro atoms. The van der Waals surface area contributed by atoms with Gasteiger partial charge in [0, 0.05) is 38.8 Å². The molecule has 152 valence electrons. The van der Waals surface area contributed by atoms with Crippen LogP contribution in [-0.2, 0) is 11.2 Å². The number of halogens is 1. The molecule has 2 aliphatic rings. The molecule has 0 saturated carbocycles. The van der Waals surface area contributed by atoms with Gasteiger partial charge in [-0.25, -0.2) is 19.2 Å². The number of Topliss-reactive ketones (excluding diaryl/α,β-unsaturated/α-hetero) is 1. The molecule has 1 aromatic carbocycles. The fourth-order valence-corrected chi connectivity index (χ4v) is 3.92. The van der Waals surface area contributed by atoms with Crippen LogP contribution in [0.15, 0.2) is 30.5 Å². The van der Waals surface area contributed by atoms with Gasteiger partial charge in [-0.2, -0.15) is 0 Å². The Morgan fingerprint density at radius 3 is 2.69 bits per heavy atom. The number of nitrogens with zero attached hydrogens (tertiary/aromatic N) is 4. The zero-order valence-corrected chi connectivity index (χ0v) is 16.3. The average Bonchev–Trinajstić information content (AvgIpc) is 2.74. The first-order chi connectivity index (χ1) is 14.1. The lowest BCUT2D eigenvalue weighted by Gasteiger charge is -2.34. The number of ketones is 1. The molecule has 8 heteroatoms. The molecule has 0 bridgehead atoms. The molecule has 1 aliphatic carbocycles. The maximum atomic E-state index is 14.2. The Morgan fingerprint density at radius 1 is 1.21 bits per heavy atom. The number of benzene rings is 1. The largest absolute Gasteiger partial charge is 0.450 e. The highest BCUT2D eigenvalue weighted by Crippen LogP contribution is 2.33. The van der Waals surface area contributed by atoms with Crippen LogP contribution < -0.4 is 4.90 Å². The van der Waals surface area contributed by atoms with Crippen molar-refractivity contribution in [1.29, 1.82) is 0 Å². The van der Waals surface area contributed by atoms with E-state index in [4.69, 9.17) is 4.74 Å². The van der Waals surface area contributed by atoms with Crippen molar-refractivity contribution >= 4 is 17.8 Å². The first kappa shape index (κ1) is 19.3. The first-order valence-corrected chi connectivity index (χ1v) is 9.87. The third-order valence-electron chi connectivity index (χ3n) is 5.46. The first-order valence-electron chi connectivity index (χ1n) is 9.87. The lowest BCUT2D eigenvalue weighted by Crippen LogP contribution is -2.49. The van der Waals surface area contributed by atoms with Crippen LogP contribution in [0.3, 0.4) is 0 Å². The average molecular weight is 398 g/mol. The summed E-state index contributed by atoms with van der Waals surface area (Å²) in [5, 5.41) is 0. The Labute approximate surface area is 168 Å². The summed E-state index contributed by atoms with van der Waals surface area (Å²) in [6.45, 7) is 4.35. The van der Waals surface area contributed by atoms with Crippen molar-refractivity contribution < 1.29 is 18.7 Å². The van der Waals surface area contributed by atoms with Crippen molar-refractivity contribution in [3.63, 3.8) is 0 Å². The standard InChI is InChI=1S/C21H23FN4O3/c1-2-29-21(28)26-9-7-25(8-10-26)20-23-13-16-18(24-20)11-14(12-19(16)27)15-5-3-4-6-17(15)22/h3-6,13-14H,2,7-12H2,1H3. The fraction of sp³-hybridized carbons (Fsp3) is 0.429. The van der Waals surface area contributed by atoms with Crippen LogP contribution in [0.25, 0.3) is 0 Å². The maximum absolute atomic E-state index is 14.2. The minimum absolute atomic E-state index is 0.0572. The molecule has 1 aliphatic heterocycles. The van der Waals surface area contributed by atoms with E-state index in [1.165, 1.54) is 6.07 Å². The van der Waals surface area contributed by atoms with E-state index in [-0.39, 0.29) is 30.0 Å².